The van der Waals surface area contributed by atoms with Crippen LogP contribution in [-0.4, -0.2) is 56.1 Å². The van der Waals surface area contributed by atoms with Crippen LogP contribution in [0.4, 0.5) is 0 Å². The largest absolute Gasteiger partial charge is 0.493 e. The lowest BCUT2D eigenvalue weighted by Gasteiger charge is -2.31. The Morgan fingerprint density at radius 3 is 2.42 bits per heavy atom. The molecular formula is C17H21N3O5S. The third-order valence-electron chi connectivity index (χ3n) is 4.24. The van der Waals surface area contributed by atoms with Crippen LogP contribution in [0.5, 0.6) is 17.4 Å². The van der Waals surface area contributed by atoms with Crippen molar-refractivity contribution in [3.05, 3.63) is 36.8 Å². The fourth-order valence-electron chi connectivity index (χ4n) is 2.84. The molecule has 1 fully saturated rings. The lowest BCUT2D eigenvalue weighted by Crippen LogP contribution is -2.41. The van der Waals surface area contributed by atoms with Crippen molar-refractivity contribution in [2.45, 2.75) is 23.8 Å². The van der Waals surface area contributed by atoms with Gasteiger partial charge in [-0.3, -0.25) is 0 Å². The predicted octanol–water partition coefficient (Wildman–Crippen LogP) is 1.73. The highest BCUT2D eigenvalue weighted by Gasteiger charge is 2.31. The standard InChI is InChI=1S/C17H21N3O5S/c1-23-15-4-3-14(11-16(15)24-2)26(21,22)20-9-6-13(7-10-20)25-17-5-8-18-12-19-17/h3-5,8,11-13H,6-7,9-10H2,1-2H3. The number of methoxy groups -OCH3 is 2. The van der Waals surface area contributed by atoms with Crippen LogP contribution in [0.3, 0.4) is 0 Å². The van der Waals surface area contributed by atoms with Crippen LogP contribution in [0.2, 0.25) is 0 Å². The molecule has 1 aliphatic heterocycles. The number of piperidine rings is 1. The molecule has 0 radical (unpaired) electrons. The molecule has 1 saturated heterocycles. The summed E-state index contributed by atoms with van der Waals surface area (Å²) >= 11 is 0. The normalized spacial score (nSPS) is 16.2. The monoisotopic (exact) mass is 379 g/mol. The number of benzene rings is 1. The Balaban J connectivity index is 1.68. The Labute approximate surface area is 152 Å². The van der Waals surface area contributed by atoms with Crippen LogP contribution >= 0.6 is 0 Å². The third kappa shape index (κ3) is 3.88. The van der Waals surface area contributed by atoms with Crippen LogP contribution in [0.15, 0.2) is 41.7 Å². The quantitative estimate of drug-likeness (QED) is 0.755. The van der Waals surface area contributed by atoms with E-state index in [1.54, 1.807) is 18.3 Å². The molecule has 2 heterocycles. The van der Waals surface area contributed by atoms with Crippen molar-refractivity contribution < 1.29 is 22.6 Å². The van der Waals surface area contributed by atoms with Crippen molar-refractivity contribution in [2.75, 3.05) is 27.3 Å². The van der Waals surface area contributed by atoms with Crippen LogP contribution in [0.1, 0.15) is 12.8 Å². The van der Waals surface area contributed by atoms with Gasteiger partial charge in [0.25, 0.3) is 0 Å². The molecule has 1 aromatic carbocycles. The van der Waals surface area contributed by atoms with E-state index in [-0.39, 0.29) is 11.0 Å². The Kier molecular flexibility index (Phi) is 5.58. The molecule has 26 heavy (non-hydrogen) atoms. The summed E-state index contributed by atoms with van der Waals surface area (Å²) in [5.41, 5.74) is 0. The van der Waals surface area contributed by atoms with E-state index in [4.69, 9.17) is 14.2 Å². The molecule has 0 unspecified atom stereocenters. The Hall–Kier alpha value is -2.39. The highest BCUT2D eigenvalue weighted by Crippen LogP contribution is 2.31. The average molecular weight is 379 g/mol. The van der Waals surface area contributed by atoms with Crippen molar-refractivity contribution in [2.24, 2.45) is 0 Å². The van der Waals surface area contributed by atoms with E-state index in [0.717, 1.165) is 0 Å². The molecule has 0 spiro atoms. The predicted molar refractivity (Wildman–Crippen MR) is 94.0 cm³/mol. The number of rotatable bonds is 6. The van der Waals surface area contributed by atoms with E-state index in [0.29, 0.717) is 43.3 Å². The molecule has 140 valence electrons. The first-order valence-electron chi connectivity index (χ1n) is 8.19. The zero-order valence-corrected chi connectivity index (χ0v) is 15.5. The average Bonchev–Trinajstić information content (AvgIpc) is 2.68. The SMILES string of the molecule is COc1ccc(S(=O)(=O)N2CCC(Oc3ccncn3)CC2)cc1OC. The molecule has 0 N–H and O–H groups in total. The van der Waals surface area contributed by atoms with E-state index in [1.807, 2.05) is 0 Å². The second-order valence-corrected chi connectivity index (χ2v) is 7.72. The van der Waals surface area contributed by atoms with E-state index >= 15 is 0 Å². The summed E-state index contributed by atoms with van der Waals surface area (Å²) in [5.74, 6) is 1.38. The molecule has 1 aliphatic rings. The second kappa shape index (κ2) is 7.88. The molecule has 0 atom stereocenters. The van der Waals surface area contributed by atoms with Gasteiger partial charge >= 0.3 is 0 Å². The number of sulfonamides is 1. The van der Waals surface area contributed by atoms with Gasteiger partial charge in [-0.15, -0.1) is 0 Å². The molecule has 0 amide bonds. The first kappa shape index (κ1) is 18.4. The summed E-state index contributed by atoms with van der Waals surface area (Å²) in [4.78, 5) is 8.06. The highest BCUT2D eigenvalue weighted by molar-refractivity contribution is 7.89. The van der Waals surface area contributed by atoms with Gasteiger partial charge in [0.15, 0.2) is 11.5 Å². The van der Waals surface area contributed by atoms with Gasteiger partial charge in [0, 0.05) is 31.4 Å². The summed E-state index contributed by atoms with van der Waals surface area (Å²) < 4.78 is 43.4. The van der Waals surface area contributed by atoms with Gasteiger partial charge in [0.2, 0.25) is 15.9 Å². The maximum atomic E-state index is 12.9. The first-order valence-corrected chi connectivity index (χ1v) is 9.63. The molecule has 1 aromatic heterocycles. The van der Waals surface area contributed by atoms with Crippen LogP contribution in [0.25, 0.3) is 0 Å². The smallest absolute Gasteiger partial charge is 0.243 e. The van der Waals surface area contributed by atoms with Crippen molar-refractivity contribution >= 4 is 10.0 Å². The van der Waals surface area contributed by atoms with Crippen LogP contribution in [-0.2, 0) is 10.0 Å². The lowest BCUT2D eigenvalue weighted by molar-refractivity contribution is 0.129. The molecule has 0 saturated carbocycles. The Morgan fingerprint density at radius 2 is 1.81 bits per heavy atom. The second-order valence-electron chi connectivity index (χ2n) is 5.79. The molecule has 8 nitrogen and oxygen atoms in total. The number of hydrogen-bond donors (Lipinski definition) is 0. The van der Waals surface area contributed by atoms with E-state index in [2.05, 4.69) is 9.97 Å². The van der Waals surface area contributed by atoms with Gasteiger partial charge in [-0.2, -0.15) is 4.31 Å². The summed E-state index contributed by atoms with van der Waals surface area (Å²) in [6, 6.07) is 6.29. The maximum absolute atomic E-state index is 12.9. The minimum absolute atomic E-state index is 0.0678. The van der Waals surface area contributed by atoms with Gasteiger partial charge < -0.3 is 14.2 Å². The van der Waals surface area contributed by atoms with Gasteiger partial charge in [0.05, 0.1) is 19.1 Å². The number of nitrogens with zero attached hydrogens (tertiary/aromatic N) is 3. The fourth-order valence-corrected chi connectivity index (χ4v) is 4.32. The van der Waals surface area contributed by atoms with Gasteiger partial charge in [-0.1, -0.05) is 0 Å². The Bertz CT molecular complexity index is 837. The van der Waals surface area contributed by atoms with Crippen LogP contribution in [0, 0.1) is 0 Å². The summed E-state index contributed by atoms with van der Waals surface area (Å²) in [7, 11) is -0.614. The molecule has 0 aliphatic carbocycles. The van der Waals surface area contributed by atoms with Crippen molar-refractivity contribution in [1.82, 2.24) is 14.3 Å². The molecule has 0 bridgehead atoms. The van der Waals surface area contributed by atoms with E-state index in [9.17, 15) is 8.42 Å². The number of aromatic nitrogens is 2. The minimum atomic E-state index is -3.60. The minimum Gasteiger partial charge on any atom is -0.493 e. The molecule has 9 heteroatoms. The summed E-state index contributed by atoms with van der Waals surface area (Å²) in [6.45, 7) is 0.763. The van der Waals surface area contributed by atoms with Crippen molar-refractivity contribution in [1.29, 1.82) is 0 Å². The van der Waals surface area contributed by atoms with Gasteiger partial charge in [0.1, 0.15) is 12.4 Å². The van der Waals surface area contributed by atoms with Gasteiger partial charge in [-0.25, -0.2) is 18.4 Å². The molecule has 3 rings (SSSR count). The van der Waals surface area contributed by atoms with Crippen molar-refractivity contribution in [3.8, 4) is 17.4 Å². The summed E-state index contributed by atoms with van der Waals surface area (Å²) in [5, 5.41) is 0. The van der Waals surface area contributed by atoms with Crippen molar-refractivity contribution in [3.63, 3.8) is 0 Å². The molecular weight excluding hydrogens is 358 g/mol. The lowest BCUT2D eigenvalue weighted by atomic mass is 10.1. The zero-order chi connectivity index (χ0) is 18.6. The Morgan fingerprint density at radius 1 is 1.08 bits per heavy atom. The molecule has 2 aromatic rings. The first-order chi connectivity index (χ1) is 12.5. The van der Waals surface area contributed by atoms with E-state index < -0.39 is 10.0 Å². The number of hydrogen-bond acceptors (Lipinski definition) is 7. The maximum Gasteiger partial charge on any atom is 0.243 e. The van der Waals surface area contributed by atoms with E-state index in [1.165, 1.54) is 37.0 Å². The fraction of sp³-hybridized carbons (Fsp3) is 0.412. The highest BCUT2D eigenvalue weighted by atomic mass is 32.2. The number of ether oxygens (including phenoxy) is 3. The summed E-state index contributed by atoms with van der Waals surface area (Å²) in [6.07, 6.45) is 4.15. The van der Waals surface area contributed by atoms with Crippen LogP contribution < -0.4 is 14.2 Å². The van der Waals surface area contributed by atoms with Gasteiger partial charge in [-0.05, 0) is 25.0 Å². The third-order valence-corrected chi connectivity index (χ3v) is 6.13. The zero-order valence-electron chi connectivity index (χ0n) is 14.7. The topological polar surface area (TPSA) is 90.9 Å².